The van der Waals surface area contributed by atoms with E-state index in [1.54, 1.807) is 0 Å². The van der Waals surface area contributed by atoms with Gasteiger partial charge in [0.25, 0.3) is 0 Å². The fourth-order valence-electron chi connectivity index (χ4n) is 3.44. The van der Waals surface area contributed by atoms with Gasteiger partial charge in [-0.1, -0.05) is 67.6 Å². The fourth-order valence-corrected chi connectivity index (χ4v) is 3.89. The van der Waals surface area contributed by atoms with Crippen molar-refractivity contribution in [3.63, 3.8) is 0 Å². The number of aliphatic imine (C=N–C) groups is 1. The van der Waals surface area contributed by atoms with Crippen molar-refractivity contribution in [1.29, 1.82) is 0 Å². The molecule has 0 bridgehead atoms. The van der Waals surface area contributed by atoms with E-state index >= 15 is 0 Å². The molecule has 0 spiro atoms. The average molecular weight is 407 g/mol. The Morgan fingerprint density at radius 1 is 1.28 bits per heavy atom. The maximum absolute atomic E-state index is 11.6. The second-order valence-electron chi connectivity index (χ2n) is 7.12. The Kier molecular flexibility index (Phi) is 8.14. The number of hydrogen-bond donors (Lipinski definition) is 1. The zero-order chi connectivity index (χ0) is 18.1. The van der Waals surface area contributed by atoms with Crippen LogP contribution in [0, 0.1) is 0 Å². The number of nitrogens with one attached hydrogen (secondary N) is 1. The van der Waals surface area contributed by atoms with Crippen LogP contribution in [0.1, 0.15) is 76.3 Å². The van der Waals surface area contributed by atoms with Crippen molar-refractivity contribution in [2.45, 2.75) is 83.7 Å². The first-order valence-electron chi connectivity index (χ1n) is 9.68. The van der Waals surface area contributed by atoms with Crippen LogP contribution < -0.4 is 5.32 Å². The molecule has 1 aliphatic carbocycles. The minimum atomic E-state index is -0.469. The van der Waals surface area contributed by atoms with Crippen LogP contribution in [0.3, 0.4) is 0 Å². The molecule has 0 atom stereocenters. The summed E-state index contributed by atoms with van der Waals surface area (Å²) in [5, 5.41) is 3.52. The van der Waals surface area contributed by atoms with Crippen LogP contribution in [0.15, 0.2) is 27.7 Å². The maximum Gasteiger partial charge on any atom is 0.147 e. The summed E-state index contributed by atoms with van der Waals surface area (Å²) in [6.45, 7) is 5.16. The molecule has 0 heterocycles. The number of benzene rings is 1. The average Bonchev–Trinajstić information content (AvgIpc) is 3.09. The number of rotatable bonds is 9. The number of amidine groups is 1. The highest BCUT2D eigenvalue weighted by atomic mass is 79.9. The summed E-state index contributed by atoms with van der Waals surface area (Å²) >= 11 is 3.64. The Bertz CT molecular complexity index is 592. The van der Waals surface area contributed by atoms with E-state index in [4.69, 9.17) is 4.99 Å². The van der Waals surface area contributed by atoms with Crippen molar-refractivity contribution in [3.8, 4) is 0 Å². The second-order valence-corrected chi connectivity index (χ2v) is 7.97. The van der Waals surface area contributed by atoms with Crippen LogP contribution in [0.5, 0.6) is 0 Å². The number of carbonyl (C=O) groups is 1. The van der Waals surface area contributed by atoms with E-state index in [0.717, 1.165) is 76.5 Å². The molecule has 25 heavy (non-hydrogen) atoms. The van der Waals surface area contributed by atoms with E-state index < -0.39 is 5.54 Å². The van der Waals surface area contributed by atoms with Crippen molar-refractivity contribution in [2.75, 3.05) is 0 Å². The van der Waals surface area contributed by atoms with Gasteiger partial charge in [-0.2, -0.15) is 0 Å². The lowest BCUT2D eigenvalue weighted by Gasteiger charge is -2.20. The fraction of sp³-hybridized carbons (Fsp3) is 0.619. The lowest BCUT2D eigenvalue weighted by Crippen LogP contribution is -2.31. The standard InChI is InChI=1S/C21H31BrN2O/c1-3-5-9-20(24-21(16-25)12-6-7-13-21)23-15-17-10-11-19(22)18(14-17)8-4-2/h10-11,14,16H,3-9,12-13,15H2,1-2H3,(H,23,24). The molecule has 0 aliphatic heterocycles. The molecule has 0 aromatic heterocycles. The molecular formula is C21H31BrN2O. The highest BCUT2D eigenvalue weighted by Crippen LogP contribution is 2.31. The number of aldehydes is 1. The van der Waals surface area contributed by atoms with E-state index in [-0.39, 0.29) is 0 Å². The molecule has 3 nitrogen and oxygen atoms in total. The first-order chi connectivity index (χ1) is 12.1. The van der Waals surface area contributed by atoms with E-state index in [1.807, 2.05) is 0 Å². The minimum Gasteiger partial charge on any atom is -0.370 e. The molecule has 0 amide bonds. The van der Waals surface area contributed by atoms with Gasteiger partial charge in [-0.3, -0.25) is 4.99 Å². The molecule has 0 radical (unpaired) electrons. The van der Waals surface area contributed by atoms with Gasteiger partial charge in [0.15, 0.2) is 0 Å². The van der Waals surface area contributed by atoms with Crippen molar-refractivity contribution < 1.29 is 4.79 Å². The number of hydrogen-bond acceptors (Lipinski definition) is 2. The predicted octanol–water partition coefficient (Wildman–Crippen LogP) is 5.59. The molecule has 1 fully saturated rings. The highest BCUT2D eigenvalue weighted by Gasteiger charge is 2.33. The Balaban J connectivity index is 2.09. The summed E-state index contributed by atoms with van der Waals surface area (Å²) in [7, 11) is 0. The number of nitrogens with zero attached hydrogens (tertiary/aromatic N) is 1. The van der Waals surface area contributed by atoms with E-state index in [9.17, 15) is 4.79 Å². The normalized spacial score (nSPS) is 16.8. The van der Waals surface area contributed by atoms with E-state index in [2.05, 4.69) is 53.3 Å². The SMILES string of the molecule is CCCC/C(=N/C1(C=O)CCCC1)NCc1ccc(Br)c(CCC)c1. The molecule has 1 N–H and O–H groups in total. The molecular weight excluding hydrogens is 376 g/mol. The lowest BCUT2D eigenvalue weighted by atomic mass is 10.0. The van der Waals surface area contributed by atoms with E-state index in [1.165, 1.54) is 15.6 Å². The van der Waals surface area contributed by atoms with Gasteiger partial charge < -0.3 is 10.1 Å². The van der Waals surface area contributed by atoms with Gasteiger partial charge in [0.05, 0.1) is 5.84 Å². The third kappa shape index (κ3) is 5.95. The highest BCUT2D eigenvalue weighted by molar-refractivity contribution is 9.10. The van der Waals surface area contributed by atoms with Gasteiger partial charge in [-0.15, -0.1) is 0 Å². The van der Waals surface area contributed by atoms with Crippen LogP contribution in [0.25, 0.3) is 0 Å². The Labute approximate surface area is 160 Å². The van der Waals surface area contributed by atoms with Gasteiger partial charge in [-0.05, 0) is 42.9 Å². The smallest absolute Gasteiger partial charge is 0.147 e. The Hall–Kier alpha value is -1.16. The minimum absolute atomic E-state index is 0.469. The van der Waals surface area contributed by atoms with Crippen molar-refractivity contribution in [1.82, 2.24) is 5.32 Å². The Morgan fingerprint density at radius 2 is 2.04 bits per heavy atom. The van der Waals surface area contributed by atoms with Crippen molar-refractivity contribution in [3.05, 3.63) is 33.8 Å². The molecule has 4 heteroatoms. The molecule has 1 saturated carbocycles. The summed E-state index contributed by atoms with van der Waals surface area (Å²) in [4.78, 5) is 16.5. The summed E-state index contributed by atoms with van der Waals surface area (Å²) in [6, 6.07) is 6.55. The third-order valence-electron chi connectivity index (χ3n) is 4.94. The number of aryl methyl sites for hydroxylation is 1. The van der Waals surface area contributed by atoms with Crippen LogP contribution in [0.4, 0.5) is 0 Å². The summed E-state index contributed by atoms with van der Waals surface area (Å²) in [5.41, 5.74) is 2.15. The topological polar surface area (TPSA) is 41.5 Å². The van der Waals surface area contributed by atoms with Gasteiger partial charge >= 0.3 is 0 Å². The molecule has 0 saturated heterocycles. The molecule has 1 aromatic carbocycles. The van der Waals surface area contributed by atoms with Gasteiger partial charge in [0.2, 0.25) is 0 Å². The van der Waals surface area contributed by atoms with Gasteiger partial charge in [0.1, 0.15) is 11.8 Å². The molecule has 1 aromatic rings. The number of halogens is 1. The molecule has 0 unspecified atom stereocenters. The summed E-state index contributed by atoms with van der Waals surface area (Å²) in [6.07, 6.45) is 10.5. The first-order valence-corrected chi connectivity index (χ1v) is 10.5. The maximum atomic E-state index is 11.6. The zero-order valence-electron chi connectivity index (χ0n) is 15.6. The van der Waals surface area contributed by atoms with Crippen LogP contribution in [0.2, 0.25) is 0 Å². The molecule has 1 aliphatic rings. The first kappa shape index (κ1) is 20.2. The second kappa shape index (κ2) is 10.1. The van der Waals surface area contributed by atoms with Crippen molar-refractivity contribution >= 4 is 28.1 Å². The van der Waals surface area contributed by atoms with Gasteiger partial charge in [-0.25, -0.2) is 0 Å². The van der Waals surface area contributed by atoms with Crippen LogP contribution >= 0.6 is 15.9 Å². The Morgan fingerprint density at radius 3 is 2.68 bits per heavy atom. The summed E-state index contributed by atoms with van der Waals surface area (Å²) in [5.74, 6) is 0.996. The number of carbonyl (C=O) groups excluding carboxylic acids is 1. The van der Waals surface area contributed by atoms with Gasteiger partial charge in [0, 0.05) is 17.4 Å². The predicted molar refractivity (Wildman–Crippen MR) is 109 cm³/mol. The quantitative estimate of drug-likeness (QED) is 0.329. The van der Waals surface area contributed by atoms with Crippen LogP contribution in [-0.4, -0.2) is 17.7 Å². The number of unbranched alkanes of at least 4 members (excludes halogenated alkanes) is 1. The van der Waals surface area contributed by atoms with E-state index in [0.29, 0.717) is 0 Å². The lowest BCUT2D eigenvalue weighted by molar-refractivity contribution is -0.111. The monoisotopic (exact) mass is 406 g/mol. The summed E-state index contributed by atoms with van der Waals surface area (Å²) < 4.78 is 1.18. The van der Waals surface area contributed by atoms with Crippen molar-refractivity contribution in [2.24, 2.45) is 4.99 Å². The largest absolute Gasteiger partial charge is 0.370 e. The third-order valence-corrected chi connectivity index (χ3v) is 5.71. The molecule has 138 valence electrons. The van der Waals surface area contributed by atoms with Crippen LogP contribution in [-0.2, 0) is 17.8 Å². The molecule has 2 rings (SSSR count). The zero-order valence-corrected chi connectivity index (χ0v) is 17.2.